The summed E-state index contributed by atoms with van der Waals surface area (Å²) in [4.78, 5) is 0. The van der Waals surface area contributed by atoms with E-state index in [1.54, 1.807) is 0 Å². The SMILES string of the molecule is CCCOc1ccc(C(C)NCCCN)cc1OCCC. The molecule has 0 saturated carbocycles. The zero-order valence-corrected chi connectivity index (χ0v) is 13.7. The van der Waals surface area contributed by atoms with Gasteiger partial charge in [0.1, 0.15) is 0 Å². The van der Waals surface area contributed by atoms with Crippen molar-refractivity contribution in [3.63, 3.8) is 0 Å². The minimum absolute atomic E-state index is 0.278. The van der Waals surface area contributed by atoms with Gasteiger partial charge in [0.15, 0.2) is 11.5 Å². The van der Waals surface area contributed by atoms with Crippen LogP contribution in [0.25, 0.3) is 0 Å². The van der Waals surface area contributed by atoms with E-state index in [0.29, 0.717) is 19.8 Å². The van der Waals surface area contributed by atoms with Gasteiger partial charge in [0.05, 0.1) is 13.2 Å². The number of rotatable bonds is 11. The van der Waals surface area contributed by atoms with Gasteiger partial charge in [-0.05, 0) is 57.0 Å². The minimum atomic E-state index is 0.278. The van der Waals surface area contributed by atoms with Gasteiger partial charge in [-0.2, -0.15) is 0 Å². The average Bonchev–Trinajstić information content (AvgIpc) is 2.51. The number of nitrogens with two attached hydrogens (primary N) is 1. The summed E-state index contributed by atoms with van der Waals surface area (Å²) in [5.41, 5.74) is 6.73. The molecular weight excluding hydrogens is 264 g/mol. The van der Waals surface area contributed by atoms with Crippen LogP contribution in [0, 0.1) is 0 Å². The third-order valence-electron chi connectivity index (χ3n) is 3.22. The molecule has 0 spiro atoms. The van der Waals surface area contributed by atoms with Crippen LogP contribution in [0.2, 0.25) is 0 Å². The lowest BCUT2D eigenvalue weighted by Crippen LogP contribution is -2.22. The Bertz CT molecular complexity index is 396. The summed E-state index contributed by atoms with van der Waals surface area (Å²) in [7, 11) is 0. The van der Waals surface area contributed by atoms with Crippen LogP contribution in [0.4, 0.5) is 0 Å². The van der Waals surface area contributed by atoms with Gasteiger partial charge in [-0.3, -0.25) is 0 Å². The van der Waals surface area contributed by atoms with Gasteiger partial charge in [-0.25, -0.2) is 0 Å². The zero-order valence-electron chi connectivity index (χ0n) is 13.7. The topological polar surface area (TPSA) is 56.5 Å². The first kappa shape index (κ1) is 17.8. The molecule has 0 aromatic heterocycles. The Kier molecular flexibility index (Phi) is 8.87. The van der Waals surface area contributed by atoms with E-state index in [1.165, 1.54) is 5.56 Å². The van der Waals surface area contributed by atoms with Crippen molar-refractivity contribution in [1.82, 2.24) is 5.32 Å². The molecule has 1 atom stereocenters. The van der Waals surface area contributed by atoms with E-state index in [9.17, 15) is 0 Å². The Morgan fingerprint density at radius 2 is 1.76 bits per heavy atom. The molecule has 0 amide bonds. The van der Waals surface area contributed by atoms with Gasteiger partial charge in [-0.15, -0.1) is 0 Å². The molecule has 0 bridgehead atoms. The molecule has 0 aliphatic heterocycles. The van der Waals surface area contributed by atoms with Crippen molar-refractivity contribution in [3.8, 4) is 11.5 Å². The van der Waals surface area contributed by atoms with E-state index >= 15 is 0 Å². The van der Waals surface area contributed by atoms with Gasteiger partial charge in [-0.1, -0.05) is 19.9 Å². The van der Waals surface area contributed by atoms with Crippen molar-refractivity contribution in [3.05, 3.63) is 23.8 Å². The molecule has 1 unspecified atom stereocenters. The van der Waals surface area contributed by atoms with Gasteiger partial charge in [0, 0.05) is 6.04 Å². The Hall–Kier alpha value is -1.26. The first-order valence-corrected chi connectivity index (χ1v) is 8.05. The molecule has 0 radical (unpaired) electrons. The van der Waals surface area contributed by atoms with Crippen molar-refractivity contribution < 1.29 is 9.47 Å². The predicted octanol–water partition coefficient (Wildman–Crippen LogP) is 3.26. The maximum Gasteiger partial charge on any atom is 0.161 e. The minimum Gasteiger partial charge on any atom is -0.490 e. The van der Waals surface area contributed by atoms with Crippen LogP contribution in [-0.2, 0) is 0 Å². The Morgan fingerprint density at radius 3 is 2.38 bits per heavy atom. The van der Waals surface area contributed by atoms with E-state index in [-0.39, 0.29) is 6.04 Å². The van der Waals surface area contributed by atoms with Gasteiger partial charge in [0.25, 0.3) is 0 Å². The van der Waals surface area contributed by atoms with Gasteiger partial charge in [0.2, 0.25) is 0 Å². The first-order valence-electron chi connectivity index (χ1n) is 8.05. The summed E-state index contributed by atoms with van der Waals surface area (Å²) in [6, 6.07) is 6.47. The molecule has 1 aromatic rings. The van der Waals surface area contributed by atoms with E-state index in [2.05, 4.69) is 38.2 Å². The second-order valence-electron chi connectivity index (χ2n) is 5.22. The lowest BCUT2D eigenvalue weighted by molar-refractivity contribution is 0.268. The lowest BCUT2D eigenvalue weighted by Gasteiger charge is -2.18. The Balaban J connectivity index is 2.76. The fourth-order valence-corrected chi connectivity index (χ4v) is 1.99. The fourth-order valence-electron chi connectivity index (χ4n) is 1.99. The molecule has 0 aliphatic carbocycles. The molecule has 0 fully saturated rings. The number of ether oxygens (including phenoxy) is 2. The predicted molar refractivity (Wildman–Crippen MR) is 88.1 cm³/mol. The van der Waals surface area contributed by atoms with E-state index in [4.69, 9.17) is 15.2 Å². The maximum absolute atomic E-state index is 5.83. The summed E-state index contributed by atoms with van der Waals surface area (Å²) in [6.45, 7) is 9.43. The number of benzene rings is 1. The van der Waals surface area contributed by atoms with Crippen LogP contribution in [0.15, 0.2) is 18.2 Å². The number of nitrogens with one attached hydrogen (secondary N) is 1. The average molecular weight is 294 g/mol. The quantitative estimate of drug-likeness (QED) is 0.615. The standard InChI is InChI=1S/C17H30N2O2/c1-4-11-20-16-8-7-15(13-17(16)21-12-5-2)14(3)19-10-6-9-18/h7-8,13-14,19H,4-6,9-12,18H2,1-3H3. The Morgan fingerprint density at radius 1 is 1.10 bits per heavy atom. The normalized spacial score (nSPS) is 12.2. The third-order valence-corrected chi connectivity index (χ3v) is 3.22. The van der Waals surface area contributed by atoms with E-state index in [0.717, 1.165) is 37.3 Å². The summed E-state index contributed by atoms with van der Waals surface area (Å²) in [6.07, 6.45) is 2.97. The van der Waals surface area contributed by atoms with Crippen molar-refractivity contribution in [2.24, 2.45) is 5.73 Å². The van der Waals surface area contributed by atoms with Crippen LogP contribution in [-0.4, -0.2) is 26.3 Å². The van der Waals surface area contributed by atoms with Crippen molar-refractivity contribution >= 4 is 0 Å². The van der Waals surface area contributed by atoms with Crippen LogP contribution in [0.5, 0.6) is 11.5 Å². The number of hydrogen-bond donors (Lipinski definition) is 2. The number of hydrogen-bond acceptors (Lipinski definition) is 4. The first-order chi connectivity index (χ1) is 10.2. The van der Waals surface area contributed by atoms with E-state index in [1.807, 2.05) is 6.07 Å². The largest absolute Gasteiger partial charge is 0.490 e. The van der Waals surface area contributed by atoms with Crippen LogP contribution in [0.3, 0.4) is 0 Å². The van der Waals surface area contributed by atoms with Crippen molar-refractivity contribution in [2.75, 3.05) is 26.3 Å². The van der Waals surface area contributed by atoms with Crippen molar-refractivity contribution in [1.29, 1.82) is 0 Å². The second kappa shape index (κ2) is 10.5. The molecule has 1 aromatic carbocycles. The molecule has 0 aliphatic rings. The summed E-state index contributed by atoms with van der Waals surface area (Å²) in [5, 5.41) is 3.47. The highest BCUT2D eigenvalue weighted by Crippen LogP contribution is 2.31. The molecule has 0 saturated heterocycles. The van der Waals surface area contributed by atoms with E-state index < -0.39 is 0 Å². The third kappa shape index (κ3) is 6.36. The molecule has 4 heteroatoms. The molecule has 1 rings (SSSR count). The summed E-state index contributed by atoms with van der Waals surface area (Å²) >= 11 is 0. The monoisotopic (exact) mass is 294 g/mol. The van der Waals surface area contributed by atoms with Crippen LogP contribution >= 0.6 is 0 Å². The van der Waals surface area contributed by atoms with Crippen molar-refractivity contribution in [2.45, 2.75) is 46.1 Å². The lowest BCUT2D eigenvalue weighted by atomic mass is 10.1. The maximum atomic E-state index is 5.83. The van der Waals surface area contributed by atoms with Gasteiger partial charge < -0.3 is 20.5 Å². The highest BCUT2D eigenvalue weighted by Gasteiger charge is 2.10. The van der Waals surface area contributed by atoms with Crippen LogP contribution in [0.1, 0.15) is 51.6 Å². The summed E-state index contributed by atoms with van der Waals surface area (Å²) < 4.78 is 11.6. The molecule has 3 N–H and O–H groups in total. The Labute approximate surface area is 129 Å². The smallest absolute Gasteiger partial charge is 0.161 e. The zero-order chi connectivity index (χ0) is 15.5. The molecule has 120 valence electrons. The molecular formula is C17H30N2O2. The van der Waals surface area contributed by atoms with Gasteiger partial charge >= 0.3 is 0 Å². The summed E-state index contributed by atoms with van der Waals surface area (Å²) in [5.74, 6) is 1.68. The fraction of sp³-hybridized carbons (Fsp3) is 0.647. The second-order valence-corrected chi connectivity index (χ2v) is 5.22. The molecule has 0 heterocycles. The molecule has 4 nitrogen and oxygen atoms in total. The van der Waals surface area contributed by atoms with Crippen LogP contribution < -0.4 is 20.5 Å². The highest BCUT2D eigenvalue weighted by atomic mass is 16.5. The molecule has 21 heavy (non-hydrogen) atoms. The highest BCUT2D eigenvalue weighted by molar-refractivity contribution is 5.43.